The van der Waals surface area contributed by atoms with Crippen molar-refractivity contribution in [1.82, 2.24) is 24.2 Å². The van der Waals surface area contributed by atoms with E-state index in [1.54, 1.807) is 66.5 Å². The van der Waals surface area contributed by atoms with Crippen LogP contribution in [0.2, 0.25) is 0 Å². The number of pyridine rings is 1. The first-order valence-electron chi connectivity index (χ1n) is 13.5. The summed E-state index contributed by atoms with van der Waals surface area (Å²) in [5.41, 5.74) is 2.21. The lowest BCUT2D eigenvalue weighted by molar-refractivity contribution is -0.239. The van der Waals surface area contributed by atoms with Gasteiger partial charge < -0.3 is 14.7 Å². The predicted octanol–water partition coefficient (Wildman–Crippen LogP) is 4.50. The molecule has 10 nitrogen and oxygen atoms in total. The second-order valence-electron chi connectivity index (χ2n) is 9.85. The Morgan fingerprint density at radius 1 is 1.00 bits per heavy atom. The van der Waals surface area contributed by atoms with Crippen molar-refractivity contribution in [1.29, 1.82) is 0 Å². The van der Waals surface area contributed by atoms with E-state index in [-0.39, 0.29) is 11.5 Å². The number of hydrogen-bond acceptors (Lipinski definition) is 7. The third-order valence-electron chi connectivity index (χ3n) is 6.92. The van der Waals surface area contributed by atoms with E-state index < -0.39 is 36.7 Å². The molecule has 1 amide bonds. The van der Waals surface area contributed by atoms with Crippen LogP contribution in [-0.4, -0.2) is 48.8 Å². The minimum atomic E-state index is -5.36. The van der Waals surface area contributed by atoms with Crippen molar-refractivity contribution in [3.8, 4) is 11.3 Å². The van der Waals surface area contributed by atoms with Crippen LogP contribution in [0.25, 0.3) is 22.2 Å². The summed E-state index contributed by atoms with van der Waals surface area (Å²) in [5.74, 6) is -3.68. The molecule has 0 saturated heterocycles. The SMILES string of the molecule is Cn1c(CN(OC(=O)C(F)(F)F)C(=O)Cn2c(-c3ccccc3)cnc(NCCc3ccccc3)c2=O)cc2cnccc21. The molecule has 226 valence electrons. The van der Waals surface area contributed by atoms with Crippen LogP contribution in [0.3, 0.4) is 0 Å². The van der Waals surface area contributed by atoms with Crippen molar-refractivity contribution in [3.05, 3.63) is 113 Å². The van der Waals surface area contributed by atoms with Crippen LogP contribution in [0, 0.1) is 0 Å². The molecule has 0 radical (unpaired) electrons. The molecule has 13 heteroatoms. The number of hydrogen-bond donors (Lipinski definition) is 1. The number of alkyl halides is 3. The molecule has 0 bridgehead atoms. The number of rotatable bonds is 9. The summed E-state index contributed by atoms with van der Waals surface area (Å²) in [5, 5.41) is 3.97. The number of aromatic nitrogens is 4. The third-order valence-corrected chi connectivity index (χ3v) is 6.92. The van der Waals surface area contributed by atoms with Gasteiger partial charge in [0.15, 0.2) is 5.82 Å². The summed E-state index contributed by atoms with van der Waals surface area (Å²) in [7, 11) is 1.65. The number of fused-ring (bicyclic) bond motifs is 1. The molecule has 3 heterocycles. The highest BCUT2D eigenvalue weighted by Gasteiger charge is 2.43. The van der Waals surface area contributed by atoms with Gasteiger partial charge in [0.05, 0.1) is 24.0 Å². The van der Waals surface area contributed by atoms with Gasteiger partial charge in [-0.15, -0.1) is 0 Å². The molecule has 5 rings (SSSR count). The molecule has 5 aromatic rings. The molecular weight excluding hydrogens is 577 g/mol. The lowest BCUT2D eigenvalue weighted by atomic mass is 10.1. The van der Waals surface area contributed by atoms with Crippen molar-refractivity contribution < 1.29 is 27.6 Å². The highest BCUT2D eigenvalue weighted by Crippen LogP contribution is 2.23. The van der Waals surface area contributed by atoms with Crippen LogP contribution < -0.4 is 10.9 Å². The van der Waals surface area contributed by atoms with Gasteiger partial charge in [-0.1, -0.05) is 60.7 Å². The summed E-state index contributed by atoms with van der Waals surface area (Å²) >= 11 is 0. The largest absolute Gasteiger partial charge is 0.493 e. The maximum Gasteiger partial charge on any atom is 0.493 e. The van der Waals surface area contributed by atoms with Crippen LogP contribution in [0.4, 0.5) is 19.0 Å². The molecule has 0 aliphatic carbocycles. The summed E-state index contributed by atoms with van der Waals surface area (Å²) in [4.78, 5) is 52.0. The molecule has 0 atom stereocenters. The van der Waals surface area contributed by atoms with Crippen LogP contribution >= 0.6 is 0 Å². The van der Waals surface area contributed by atoms with E-state index in [1.807, 2.05) is 30.3 Å². The number of benzene rings is 2. The number of nitrogens with one attached hydrogen (secondary N) is 1. The molecule has 2 aromatic carbocycles. The smallest absolute Gasteiger partial charge is 0.365 e. The molecule has 1 N–H and O–H groups in total. The quantitative estimate of drug-likeness (QED) is 0.247. The molecule has 0 aliphatic heterocycles. The van der Waals surface area contributed by atoms with Crippen molar-refractivity contribution in [3.63, 3.8) is 0 Å². The van der Waals surface area contributed by atoms with E-state index in [1.165, 1.54) is 6.20 Å². The van der Waals surface area contributed by atoms with E-state index in [4.69, 9.17) is 0 Å². The summed E-state index contributed by atoms with van der Waals surface area (Å²) in [6.07, 6.45) is -0.270. The fourth-order valence-corrected chi connectivity index (χ4v) is 4.66. The van der Waals surface area contributed by atoms with Crippen molar-refractivity contribution in [2.75, 3.05) is 11.9 Å². The van der Waals surface area contributed by atoms with Crippen molar-refractivity contribution in [2.45, 2.75) is 25.7 Å². The number of anilines is 1. The zero-order chi connectivity index (χ0) is 31.3. The molecule has 0 aliphatic rings. The van der Waals surface area contributed by atoms with E-state index in [0.717, 1.165) is 10.1 Å². The van der Waals surface area contributed by atoms with Gasteiger partial charge in [-0.05, 0) is 29.7 Å². The summed E-state index contributed by atoms with van der Waals surface area (Å²) < 4.78 is 42.4. The molecule has 0 fully saturated rings. The van der Waals surface area contributed by atoms with Gasteiger partial charge in [0.25, 0.3) is 11.5 Å². The number of nitrogens with zero attached hydrogens (tertiary/aromatic N) is 5. The Balaban J connectivity index is 1.47. The number of carbonyl (C=O) groups is 2. The number of amides is 1. The molecule has 44 heavy (non-hydrogen) atoms. The number of halogens is 3. The minimum absolute atomic E-state index is 0.0477. The van der Waals surface area contributed by atoms with E-state index in [2.05, 4.69) is 20.1 Å². The first kappa shape index (κ1) is 30.0. The lowest BCUT2D eigenvalue weighted by Crippen LogP contribution is -2.41. The minimum Gasteiger partial charge on any atom is -0.365 e. The summed E-state index contributed by atoms with van der Waals surface area (Å²) in [6.45, 7) is -0.903. The number of aryl methyl sites for hydroxylation is 1. The first-order chi connectivity index (χ1) is 21.1. The topological polar surface area (TPSA) is 111 Å². The standard InChI is InChI=1S/C31H27F3N6O4/c1-38-24(16-23-17-35-14-13-25(23)38)19-40(44-30(43)31(32,33)34)27(41)20-39-26(22-10-6-3-7-11-22)18-37-28(29(39)42)36-15-12-21-8-4-2-5-9-21/h2-11,13-14,16-18H,12,15,19-20H2,1H3,(H,36,37). The van der Waals surface area contributed by atoms with E-state index in [0.29, 0.717) is 40.2 Å². The van der Waals surface area contributed by atoms with Gasteiger partial charge in [0.1, 0.15) is 6.54 Å². The average Bonchev–Trinajstić information content (AvgIpc) is 3.33. The maximum atomic E-state index is 13.6. The second kappa shape index (κ2) is 12.8. The van der Waals surface area contributed by atoms with Crippen molar-refractivity contribution >= 4 is 28.6 Å². The zero-order valence-electron chi connectivity index (χ0n) is 23.5. The average molecular weight is 605 g/mol. The molecule has 0 saturated carbocycles. The van der Waals surface area contributed by atoms with Gasteiger partial charge in [-0.3, -0.25) is 19.1 Å². The maximum absolute atomic E-state index is 13.6. The van der Waals surface area contributed by atoms with Gasteiger partial charge >= 0.3 is 12.1 Å². The Morgan fingerprint density at radius 3 is 2.39 bits per heavy atom. The molecule has 3 aromatic heterocycles. The molecular formula is C31H27F3N6O4. The van der Waals surface area contributed by atoms with Crippen LogP contribution in [0.15, 0.2) is 96.2 Å². The normalized spacial score (nSPS) is 11.4. The molecule has 0 unspecified atom stereocenters. The number of carbonyl (C=O) groups excluding carboxylic acids is 2. The monoisotopic (exact) mass is 604 g/mol. The Labute approximate surface area is 249 Å². The number of hydroxylamine groups is 2. The van der Waals surface area contributed by atoms with Gasteiger partial charge in [-0.2, -0.15) is 18.2 Å². The van der Waals surface area contributed by atoms with Crippen LogP contribution in [0.5, 0.6) is 0 Å². The summed E-state index contributed by atoms with van der Waals surface area (Å²) in [6, 6.07) is 21.5. The highest BCUT2D eigenvalue weighted by molar-refractivity contribution is 5.82. The fraction of sp³-hybridized carbons (Fsp3) is 0.194. The fourth-order valence-electron chi connectivity index (χ4n) is 4.66. The first-order valence-corrected chi connectivity index (χ1v) is 13.5. The highest BCUT2D eigenvalue weighted by atomic mass is 19.4. The Hall–Kier alpha value is -5.46. The van der Waals surface area contributed by atoms with Crippen LogP contribution in [0.1, 0.15) is 11.3 Å². The van der Waals surface area contributed by atoms with E-state index in [9.17, 15) is 27.6 Å². The lowest BCUT2D eigenvalue weighted by Gasteiger charge is -2.23. The predicted molar refractivity (Wildman–Crippen MR) is 156 cm³/mol. The Kier molecular flexibility index (Phi) is 8.74. The Bertz CT molecular complexity index is 1840. The molecule has 0 spiro atoms. The zero-order valence-corrected chi connectivity index (χ0v) is 23.5. The van der Waals surface area contributed by atoms with Gasteiger partial charge in [0.2, 0.25) is 0 Å². The van der Waals surface area contributed by atoms with E-state index >= 15 is 0 Å². The van der Waals surface area contributed by atoms with Gasteiger partial charge in [-0.25, -0.2) is 9.78 Å². The van der Waals surface area contributed by atoms with Crippen molar-refractivity contribution in [2.24, 2.45) is 7.05 Å². The third kappa shape index (κ3) is 6.77. The van der Waals surface area contributed by atoms with Gasteiger partial charge in [0, 0.05) is 37.1 Å². The van der Waals surface area contributed by atoms with Crippen LogP contribution in [-0.2, 0) is 41.0 Å². The second-order valence-corrected chi connectivity index (χ2v) is 9.85. The Morgan fingerprint density at radius 2 is 1.70 bits per heavy atom.